The number of rotatable bonds is 4. The van der Waals surface area contributed by atoms with Gasteiger partial charge in [0, 0.05) is 0 Å². The third kappa shape index (κ3) is 3.17. The van der Waals surface area contributed by atoms with Gasteiger partial charge in [-0.25, -0.2) is 0 Å². The van der Waals surface area contributed by atoms with Crippen molar-refractivity contribution in [2.45, 2.75) is 30.8 Å². The molecule has 0 amide bonds. The molecule has 3 aromatic rings. The Kier molecular flexibility index (Phi) is 4.76. The quantitative estimate of drug-likeness (QED) is 0.558. The van der Waals surface area contributed by atoms with E-state index >= 15 is 0 Å². The van der Waals surface area contributed by atoms with Gasteiger partial charge in [0.15, 0.2) is 0 Å². The van der Waals surface area contributed by atoms with Gasteiger partial charge in [-0.15, -0.1) is 0 Å². The highest BCUT2D eigenvalue weighted by Gasteiger charge is 2.35. The van der Waals surface area contributed by atoms with Crippen LogP contribution in [0.2, 0.25) is 0 Å². The second-order valence-electron chi connectivity index (χ2n) is 6.56. The van der Waals surface area contributed by atoms with Gasteiger partial charge in [0.1, 0.15) is 0 Å². The van der Waals surface area contributed by atoms with Crippen LogP contribution in [0.3, 0.4) is 0 Å². The molecule has 0 nitrogen and oxygen atoms in total. The average Bonchev–Trinajstić information content (AvgIpc) is 3.14. The highest BCUT2D eigenvalue weighted by atomic mass is 31.1. The molecule has 1 aliphatic rings. The lowest BCUT2D eigenvalue weighted by Crippen LogP contribution is -2.23. The molecule has 4 rings (SSSR count). The van der Waals surface area contributed by atoms with Crippen molar-refractivity contribution >= 4 is 18.5 Å². The second-order valence-corrected chi connectivity index (χ2v) is 8.99. The summed E-state index contributed by atoms with van der Waals surface area (Å²) in [6.07, 6.45) is 4.02. The van der Waals surface area contributed by atoms with E-state index in [1.807, 2.05) is 0 Å². The Morgan fingerprint density at radius 3 is 1.62 bits per heavy atom. The third-order valence-electron chi connectivity index (χ3n) is 5.11. The van der Waals surface area contributed by atoms with Gasteiger partial charge >= 0.3 is 0 Å². The molecule has 0 spiro atoms. The van der Waals surface area contributed by atoms with Crippen molar-refractivity contribution in [2.24, 2.45) is 0 Å². The largest absolute Gasteiger partial charge is 0.0622 e. The van der Waals surface area contributed by atoms with Gasteiger partial charge in [-0.05, 0) is 48.5 Å². The molecule has 1 heteroatoms. The molecule has 120 valence electrons. The summed E-state index contributed by atoms with van der Waals surface area (Å²) < 4.78 is 0. The Hall–Kier alpha value is -1.91. The SMILES string of the molecule is c1ccc(C2CCCC2P(c2ccccc2)c2ccccc2)cc1. The van der Waals surface area contributed by atoms with Gasteiger partial charge in [0.2, 0.25) is 0 Å². The standard InChI is InChI=1S/C23H23P/c1-4-11-19(12-5-1)22-17-10-18-23(22)24(20-13-6-2-7-14-20)21-15-8-3-9-16-21/h1-9,11-16,22-23H,10,17-18H2. The predicted molar refractivity (Wildman–Crippen MR) is 106 cm³/mol. The first-order valence-electron chi connectivity index (χ1n) is 8.88. The molecule has 0 heterocycles. The zero-order valence-electron chi connectivity index (χ0n) is 13.9. The van der Waals surface area contributed by atoms with Crippen LogP contribution in [-0.4, -0.2) is 5.66 Å². The van der Waals surface area contributed by atoms with Crippen LogP contribution in [0.5, 0.6) is 0 Å². The molecule has 24 heavy (non-hydrogen) atoms. The smallest absolute Gasteiger partial charge is 0.00600 e. The summed E-state index contributed by atoms with van der Waals surface area (Å²) in [6.45, 7) is 0. The Bertz CT molecular complexity index is 712. The fourth-order valence-corrected chi connectivity index (χ4v) is 7.22. The summed E-state index contributed by atoms with van der Waals surface area (Å²) >= 11 is 0. The molecular weight excluding hydrogens is 307 g/mol. The van der Waals surface area contributed by atoms with Gasteiger partial charge in [-0.2, -0.15) is 0 Å². The van der Waals surface area contributed by atoms with Crippen LogP contribution in [0.15, 0.2) is 91.0 Å². The molecule has 0 saturated heterocycles. The lowest BCUT2D eigenvalue weighted by molar-refractivity contribution is 0.732. The number of hydrogen-bond acceptors (Lipinski definition) is 0. The lowest BCUT2D eigenvalue weighted by atomic mass is 9.98. The van der Waals surface area contributed by atoms with Crippen LogP contribution in [0.4, 0.5) is 0 Å². The topological polar surface area (TPSA) is 0 Å². The first kappa shape index (κ1) is 15.6. The number of hydrogen-bond donors (Lipinski definition) is 0. The maximum Gasteiger partial charge on any atom is -0.00600 e. The summed E-state index contributed by atoms with van der Waals surface area (Å²) in [6, 6.07) is 33.5. The van der Waals surface area contributed by atoms with Crippen LogP contribution in [0, 0.1) is 0 Å². The fraction of sp³-hybridized carbons (Fsp3) is 0.217. The van der Waals surface area contributed by atoms with Crippen LogP contribution in [0.25, 0.3) is 0 Å². The van der Waals surface area contributed by atoms with Crippen molar-refractivity contribution in [3.63, 3.8) is 0 Å². The summed E-state index contributed by atoms with van der Waals surface area (Å²) in [4.78, 5) is 0. The number of benzene rings is 3. The molecule has 1 saturated carbocycles. The highest BCUT2D eigenvalue weighted by molar-refractivity contribution is 7.73. The highest BCUT2D eigenvalue weighted by Crippen LogP contribution is 2.53. The summed E-state index contributed by atoms with van der Waals surface area (Å²) in [7, 11) is -0.315. The first-order chi connectivity index (χ1) is 11.9. The Morgan fingerprint density at radius 2 is 1.08 bits per heavy atom. The van der Waals surface area contributed by atoms with Gasteiger partial charge in [0.05, 0.1) is 0 Å². The minimum atomic E-state index is -0.315. The van der Waals surface area contributed by atoms with Gasteiger partial charge in [-0.1, -0.05) is 97.4 Å². The van der Waals surface area contributed by atoms with E-state index in [1.54, 1.807) is 0 Å². The maximum absolute atomic E-state index is 2.33. The summed E-state index contributed by atoms with van der Waals surface area (Å²) in [5.74, 6) is 0.692. The van der Waals surface area contributed by atoms with Crippen molar-refractivity contribution in [1.82, 2.24) is 0 Å². The summed E-state index contributed by atoms with van der Waals surface area (Å²) in [5.41, 5.74) is 2.27. The van der Waals surface area contributed by atoms with E-state index in [0.29, 0.717) is 5.92 Å². The minimum Gasteiger partial charge on any atom is -0.0622 e. The van der Waals surface area contributed by atoms with Gasteiger partial charge in [-0.3, -0.25) is 0 Å². The Labute approximate surface area is 146 Å². The fourth-order valence-electron chi connectivity index (χ4n) is 4.05. The van der Waals surface area contributed by atoms with Gasteiger partial charge < -0.3 is 0 Å². The molecule has 0 bridgehead atoms. The molecule has 3 aromatic carbocycles. The molecule has 1 fully saturated rings. The van der Waals surface area contributed by atoms with Crippen molar-refractivity contribution in [1.29, 1.82) is 0 Å². The van der Waals surface area contributed by atoms with E-state index < -0.39 is 0 Å². The Balaban J connectivity index is 1.76. The van der Waals surface area contributed by atoms with Crippen LogP contribution in [0.1, 0.15) is 30.7 Å². The molecule has 0 radical (unpaired) electrons. The van der Waals surface area contributed by atoms with E-state index in [-0.39, 0.29) is 7.92 Å². The van der Waals surface area contributed by atoms with E-state index in [1.165, 1.54) is 35.4 Å². The molecular formula is C23H23P. The Morgan fingerprint density at radius 1 is 0.583 bits per heavy atom. The molecule has 0 aromatic heterocycles. The molecule has 2 atom stereocenters. The van der Waals surface area contributed by atoms with Crippen molar-refractivity contribution < 1.29 is 0 Å². The molecule has 2 unspecified atom stereocenters. The minimum absolute atomic E-state index is 0.315. The molecule has 0 N–H and O–H groups in total. The van der Waals surface area contributed by atoms with E-state index in [2.05, 4.69) is 91.0 Å². The van der Waals surface area contributed by atoms with Gasteiger partial charge in [0.25, 0.3) is 0 Å². The van der Waals surface area contributed by atoms with E-state index in [9.17, 15) is 0 Å². The van der Waals surface area contributed by atoms with Crippen molar-refractivity contribution in [2.75, 3.05) is 0 Å². The zero-order chi connectivity index (χ0) is 16.2. The predicted octanol–water partition coefficient (Wildman–Crippen LogP) is 5.46. The average molecular weight is 330 g/mol. The second kappa shape index (κ2) is 7.32. The monoisotopic (exact) mass is 330 g/mol. The van der Waals surface area contributed by atoms with Crippen molar-refractivity contribution in [3.05, 3.63) is 96.6 Å². The third-order valence-corrected chi connectivity index (χ3v) is 8.10. The van der Waals surface area contributed by atoms with E-state index in [4.69, 9.17) is 0 Å². The first-order valence-corrected chi connectivity index (χ1v) is 10.3. The summed E-state index contributed by atoms with van der Waals surface area (Å²) in [5, 5.41) is 3.04. The van der Waals surface area contributed by atoms with Crippen LogP contribution < -0.4 is 10.6 Å². The van der Waals surface area contributed by atoms with Crippen molar-refractivity contribution in [3.8, 4) is 0 Å². The van der Waals surface area contributed by atoms with Crippen LogP contribution in [-0.2, 0) is 0 Å². The van der Waals surface area contributed by atoms with E-state index in [0.717, 1.165) is 5.66 Å². The normalized spacial score (nSPS) is 20.4. The molecule has 1 aliphatic carbocycles. The molecule has 0 aliphatic heterocycles. The van der Waals surface area contributed by atoms with Crippen LogP contribution >= 0.6 is 7.92 Å². The lowest BCUT2D eigenvalue weighted by Gasteiger charge is -2.30. The zero-order valence-corrected chi connectivity index (χ0v) is 14.8. The maximum atomic E-state index is 2.33.